The predicted octanol–water partition coefficient (Wildman–Crippen LogP) is 3.44. The summed E-state index contributed by atoms with van der Waals surface area (Å²) in [6.07, 6.45) is 15.2. The van der Waals surface area contributed by atoms with E-state index in [1.54, 1.807) is 0 Å². The number of nitrogens with zero attached hydrogens (tertiary/aromatic N) is 1. The lowest BCUT2D eigenvalue weighted by Crippen LogP contribution is -2.50. The number of carbonyl (C=O) groups is 2. The molecule has 7 heteroatoms. The van der Waals surface area contributed by atoms with Crippen LogP contribution in [0, 0.1) is 5.41 Å². The Hall–Kier alpha value is -2.48. The van der Waals surface area contributed by atoms with Gasteiger partial charge in [0.1, 0.15) is 6.04 Å². The minimum atomic E-state index is -0.982. The number of rotatable bonds is 11. The van der Waals surface area contributed by atoms with Gasteiger partial charge in [-0.2, -0.15) is 0 Å². The van der Waals surface area contributed by atoms with Gasteiger partial charge in [0, 0.05) is 32.3 Å². The number of carbonyl (C=O) groups excluding carboxylic acids is 2. The molecule has 0 radical (unpaired) electrons. The van der Waals surface area contributed by atoms with Crippen molar-refractivity contribution in [2.75, 3.05) is 46.0 Å². The Labute approximate surface area is 217 Å². The molecule has 1 saturated heterocycles. The van der Waals surface area contributed by atoms with E-state index in [2.05, 4.69) is 55.4 Å². The average molecular weight is 500 g/mol. The van der Waals surface area contributed by atoms with Crippen molar-refractivity contribution < 1.29 is 19.4 Å². The summed E-state index contributed by atoms with van der Waals surface area (Å²) in [4.78, 5) is 26.9. The van der Waals surface area contributed by atoms with E-state index in [0.29, 0.717) is 26.3 Å². The summed E-state index contributed by atoms with van der Waals surface area (Å²) in [5.74, 6) is -0.806. The molecule has 1 heterocycles. The van der Waals surface area contributed by atoms with Crippen molar-refractivity contribution in [1.82, 2.24) is 15.5 Å². The maximum Gasteiger partial charge on any atom is 0.245 e. The highest BCUT2D eigenvalue weighted by Gasteiger charge is 2.26. The van der Waals surface area contributed by atoms with Crippen molar-refractivity contribution in [1.29, 1.82) is 0 Å². The normalized spacial score (nSPS) is 20.7. The molecule has 200 valence electrons. The van der Waals surface area contributed by atoms with E-state index < -0.39 is 24.5 Å². The van der Waals surface area contributed by atoms with Gasteiger partial charge in [0.05, 0.1) is 19.8 Å². The summed E-state index contributed by atoms with van der Waals surface area (Å²) in [5.41, 5.74) is 4.99. The van der Waals surface area contributed by atoms with Crippen LogP contribution in [0.2, 0.25) is 0 Å². The van der Waals surface area contributed by atoms with Gasteiger partial charge in [-0.25, -0.2) is 0 Å². The second kappa shape index (κ2) is 14.9. The zero-order chi connectivity index (χ0) is 26.6. The average Bonchev–Trinajstić information content (AvgIpc) is 2.82. The smallest absolute Gasteiger partial charge is 0.245 e. The summed E-state index contributed by atoms with van der Waals surface area (Å²) in [6, 6.07) is -0.982. The molecule has 36 heavy (non-hydrogen) atoms. The number of ether oxygens (including phenoxy) is 1. The zero-order valence-corrected chi connectivity index (χ0v) is 22.7. The molecule has 1 aliphatic heterocycles. The van der Waals surface area contributed by atoms with Crippen LogP contribution >= 0.6 is 0 Å². The van der Waals surface area contributed by atoms with Crippen molar-refractivity contribution in [3.63, 3.8) is 0 Å². The van der Waals surface area contributed by atoms with Crippen LogP contribution in [0.15, 0.2) is 58.7 Å². The fourth-order valence-corrected chi connectivity index (χ4v) is 4.58. The molecule has 1 atom stereocenters. The molecule has 1 aliphatic carbocycles. The first-order valence-electron chi connectivity index (χ1n) is 13.0. The summed E-state index contributed by atoms with van der Waals surface area (Å²) in [7, 11) is 0. The minimum absolute atomic E-state index is 0.216. The third kappa shape index (κ3) is 10.2. The van der Waals surface area contributed by atoms with Crippen LogP contribution in [0.5, 0.6) is 0 Å². The Kier molecular flexibility index (Phi) is 12.3. The van der Waals surface area contributed by atoms with E-state index in [1.165, 1.54) is 36.5 Å². The SMILES string of the molecule is CC(C=CC1=C(C)CCCC1(C)C)=CC=CC(C)=CC(=O)NC(CO)C(=O)NCCN1CCOCC1. The molecule has 0 saturated carbocycles. The Bertz CT molecular complexity index is 905. The van der Waals surface area contributed by atoms with Gasteiger partial charge in [-0.15, -0.1) is 0 Å². The largest absolute Gasteiger partial charge is 0.394 e. The molecule has 1 unspecified atom stereocenters. The Morgan fingerprint density at radius 1 is 1.17 bits per heavy atom. The monoisotopic (exact) mass is 499 g/mol. The van der Waals surface area contributed by atoms with Crippen LogP contribution < -0.4 is 10.6 Å². The van der Waals surface area contributed by atoms with Crippen molar-refractivity contribution in [2.24, 2.45) is 5.41 Å². The summed E-state index contributed by atoms with van der Waals surface area (Å²) >= 11 is 0. The van der Waals surface area contributed by atoms with Crippen molar-refractivity contribution in [3.05, 3.63) is 58.7 Å². The van der Waals surface area contributed by atoms with Crippen molar-refractivity contribution >= 4 is 11.8 Å². The molecule has 0 aromatic rings. The number of aliphatic hydroxyl groups excluding tert-OH is 1. The third-order valence-corrected chi connectivity index (χ3v) is 6.78. The van der Waals surface area contributed by atoms with Gasteiger partial charge < -0.3 is 20.5 Å². The van der Waals surface area contributed by atoms with Crippen molar-refractivity contribution in [2.45, 2.75) is 59.9 Å². The predicted molar refractivity (Wildman–Crippen MR) is 145 cm³/mol. The van der Waals surface area contributed by atoms with E-state index in [-0.39, 0.29) is 5.41 Å². The second-order valence-electron chi connectivity index (χ2n) is 10.4. The van der Waals surface area contributed by atoms with Gasteiger partial charge in [0.2, 0.25) is 11.8 Å². The van der Waals surface area contributed by atoms with Crippen LogP contribution in [-0.2, 0) is 14.3 Å². The molecule has 2 amide bonds. The number of allylic oxidation sites excluding steroid dienone is 9. The molecule has 0 bridgehead atoms. The second-order valence-corrected chi connectivity index (χ2v) is 10.4. The van der Waals surface area contributed by atoms with Crippen LogP contribution in [0.25, 0.3) is 0 Å². The van der Waals surface area contributed by atoms with Gasteiger partial charge >= 0.3 is 0 Å². The van der Waals surface area contributed by atoms with E-state index in [9.17, 15) is 14.7 Å². The number of nitrogens with one attached hydrogen (secondary N) is 2. The van der Waals surface area contributed by atoms with Crippen LogP contribution in [-0.4, -0.2) is 73.9 Å². The number of amides is 2. The molecule has 3 N–H and O–H groups in total. The minimum Gasteiger partial charge on any atom is -0.394 e. The maximum atomic E-state index is 12.3. The zero-order valence-electron chi connectivity index (χ0n) is 22.7. The van der Waals surface area contributed by atoms with Gasteiger partial charge in [0.15, 0.2) is 0 Å². The molecule has 7 nitrogen and oxygen atoms in total. The number of morpholine rings is 1. The number of aliphatic hydroxyl groups is 1. The molecule has 1 fully saturated rings. The molecule has 2 aliphatic rings. The van der Waals surface area contributed by atoms with Crippen LogP contribution in [0.4, 0.5) is 0 Å². The maximum absolute atomic E-state index is 12.3. The first-order chi connectivity index (χ1) is 17.1. The number of hydrogen-bond acceptors (Lipinski definition) is 5. The van der Waals surface area contributed by atoms with Gasteiger partial charge in [0.25, 0.3) is 0 Å². The molecule has 2 rings (SSSR count). The molecule has 0 aromatic carbocycles. The fraction of sp³-hybridized carbons (Fsp3) is 0.586. The lowest BCUT2D eigenvalue weighted by atomic mass is 9.72. The Balaban J connectivity index is 1.83. The Morgan fingerprint density at radius 2 is 1.89 bits per heavy atom. The highest BCUT2D eigenvalue weighted by Crippen LogP contribution is 2.40. The lowest BCUT2D eigenvalue weighted by molar-refractivity contribution is -0.128. The summed E-state index contributed by atoms with van der Waals surface area (Å²) < 4.78 is 5.31. The van der Waals surface area contributed by atoms with E-state index in [0.717, 1.165) is 24.2 Å². The highest BCUT2D eigenvalue weighted by atomic mass is 16.5. The standard InChI is InChI=1S/C29H45N3O4/c1-22(11-12-25-24(3)10-7-13-29(25,4)5)8-6-9-23(2)20-27(34)31-26(21-33)28(35)30-14-15-32-16-18-36-19-17-32/h6,8-9,11-12,20,26,33H,7,10,13-19,21H2,1-5H3,(H,30,35)(H,31,34). The van der Waals surface area contributed by atoms with Crippen LogP contribution in [0.1, 0.15) is 53.9 Å². The van der Waals surface area contributed by atoms with Crippen LogP contribution in [0.3, 0.4) is 0 Å². The van der Waals surface area contributed by atoms with Gasteiger partial charge in [-0.05, 0) is 56.6 Å². The van der Waals surface area contributed by atoms with Gasteiger partial charge in [-0.1, -0.05) is 55.4 Å². The molecule has 0 spiro atoms. The summed E-state index contributed by atoms with van der Waals surface area (Å²) in [5, 5.41) is 14.9. The quantitative estimate of drug-likeness (QED) is 0.299. The highest BCUT2D eigenvalue weighted by molar-refractivity contribution is 5.93. The molecule has 0 aromatic heterocycles. The molecular weight excluding hydrogens is 454 g/mol. The van der Waals surface area contributed by atoms with Crippen molar-refractivity contribution in [3.8, 4) is 0 Å². The molecular formula is C29H45N3O4. The topological polar surface area (TPSA) is 90.9 Å². The van der Waals surface area contributed by atoms with E-state index >= 15 is 0 Å². The number of hydrogen-bond donors (Lipinski definition) is 3. The first-order valence-corrected chi connectivity index (χ1v) is 13.0. The fourth-order valence-electron chi connectivity index (χ4n) is 4.58. The van der Waals surface area contributed by atoms with Gasteiger partial charge in [-0.3, -0.25) is 14.5 Å². The third-order valence-electron chi connectivity index (χ3n) is 6.78. The Morgan fingerprint density at radius 3 is 2.56 bits per heavy atom. The first kappa shape index (κ1) is 29.7. The van der Waals surface area contributed by atoms with E-state index in [4.69, 9.17) is 4.74 Å². The summed E-state index contributed by atoms with van der Waals surface area (Å²) in [6.45, 7) is 14.5. The lowest BCUT2D eigenvalue weighted by Gasteiger charge is -2.32. The van der Waals surface area contributed by atoms with E-state index in [1.807, 2.05) is 25.2 Å².